The van der Waals surface area contributed by atoms with Gasteiger partial charge in [-0.1, -0.05) is 37.6 Å². The van der Waals surface area contributed by atoms with Gasteiger partial charge >= 0.3 is 5.97 Å². The molecule has 0 amide bonds. The summed E-state index contributed by atoms with van der Waals surface area (Å²) in [5.41, 5.74) is 1.15. The number of carboxylic acid groups (broad SMARTS) is 1. The Balaban J connectivity index is 2.41. The van der Waals surface area contributed by atoms with Gasteiger partial charge in [0, 0.05) is 5.02 Å². The minimum atomic E-state index is -0.795. The molecule has 0 bridgehead atoms. The van der Waals surface area contributed by atoms with Crippen molar-refractivity contribution in [2.45, 2.75) is 26.3 Å². The lowest BCUT2D eigenvalue weighted by Gasteiger charge is -2.17. The van der Waals surface area contributed by atoms with Gasteiger partial charge in [-0.15, -0.1) is 0 Å². The zero-order valence-corrected chi connectivity index (χ0v) is 10.9. The zero-order chi connectivity index (χ0) is 12.8. The molecule has 1 unspecified atom stereocenters. The highest BCUT2D eigenvalue weighted by molar-refractivity contribution is 6.30. The molecule has 17 heavy (non-hydrogen) atoms. The van der Waals surface area contributed by atoms with Crippen LogP contribution >= 0.6 is 11.6 Å². The van der Waals surface area contributed by atoms with E-state index in [9.17, 15) is 4.79 Å². The van der Waals surface area contributed by atoms with Crippen LogP contribution in [0.25, 0.3) is 0 Å². The predicted octanol–water partition coefficient (Wildman–Crippen LogP) is 2.58. The number of aliphatic carboxylic acids is 1. The van der Waals surface area contributed by atoms with E-state index >= 15 is 0 Å². The van der Waals surface area contributed by atoms with E-state index in [2.05, 4.69) is 5.32 Å². The van der Waals surface area contributed by atoms with E-state index in [4.69, 9.17) is 16.7 Å². The van der Waals surface area contributed by atoms with E-state index in [1.54, 1.807) is 0 Å². The molecule has 4 heteroatoms. The Morgan fingerprint density at radius 1 is 1.35 bits per heavy atom. The summed E-state index contributed by atoms with van der Waals surface area (Å²) in [7, 11) is 0. The molecule has 1 aromatic carbocycles. The Labute approximate surface area is 107 Å². The number of carboxylic acids is 1. The van der Waals surface area contributed by atoms with Crippen molar-refractivity contribution in [3.05, 3.63) is 34.9 Å². The van der Waals surface area contributed by atoms with Crippen molar-refractivity contribution in [1.29, 1.82) is 0 Å². The zero-order valence-electron chi connectivity index (χ0n) is 10.1. The van der Waals surface area contributed by atoms with Crippen LogP contribution in [0.4, 0.5) is 0 Å². The van der Waals surface area contributed by atoms with Gasteiger partial charge in [-0.25, -0.2) is 0 Å². The maximum atomic E-state index is 10.9. The van der Waals surface area contributed by atoms with Crippen molar-refractivity contribution < 1.29 is 9.90 Å². The molecule has 94 valence electrons. The molecule has 0 aliphatic rings. The summed E-state index contributed by atoms with van der Waals surface area (Å²) in [5, 5.41) is 12.8. The summed E-state index contributed by atoms with van der Waals surface area (Å²) < 4.78 is 0. The number of rotatable bonds is 6. The molecule has 0 aliphatic carbocycles. The van der Waals surface area contributed by atoms with Crippen LogP contribution in [0.15, 0.2) is 24.3 Å². The first-order valence-corrected chi connectivity index (χ1v) is 6.09. The topological polar surface area (TPSA) is 49.3 Å². The molecular weight excluding hydrogens is 238 g/mol. The van der Waals surface area contributed by atoms with Gasteiger partial charge in [0.25, 0.3) is 0 Å². The van der Waals surface area contributed by atoms with E-state index in [0.29, 0.717) is 11.6 Å². The minimum Gasteiger partial charge on any atom is -0.480 e. The van der Waals surface area contributed by atoms with Crippen LogP contribution in [0, 0.1) is 5.92 Å². The summed E-state index contributed by atoms with van der Waals surface area (Å²) in [6.07, 6.45) is 0.799. The van der Waals surface area contributed by atoms with Crippen molar-refractivity contribution >= 4 is 17.6 Å². The van der Waals surface area contributed by atoms with Crippen LogP contribution in [0.1, 0.15) is 19.4 Å². The predicted molar refractivity (Wildman–Crippen MR) is 69.4 cm³/mol. The third-order valence-corrected chi connectivity index (χ3v) is 2.88. The molecule has 1 atom stereocenters. The molecule has 0 spiro atoms. The second kappa shape index (κ2) is 6.62. The van der Waals surface area contributed by atoms with Gasteiger partial charge in [-0.3, -0.25) is 4.79 Å². The summed E-state index contributed by atoms with van der Waals surface area (Å²) in [6, 6.07) is 7.11. The molecule has 2 N–H and O–H groups in total. The Morgan fingerprint density at radius 3 is 2.41 bits per heavy atom. The standard InChI is InChI=1S/C13H18ClNO2/c1-9(2)12(13(16)17)15-8-7-10-3-5-11(14)6-4-10/h3-6,9,12,15H,7-8H2,1-2H3,(H,16,17). The molecule has 1 rings (SSSR count). The molecule has 0 saturated heterocycles. The lowest BCUT2D eigenvalue weighted by Crippen LogP contribution is -2.41. The smallest absolute Gasteiger partial charge is 0.320 e. The summed E-state index contributed by atoms with van der Waals surface area (Å²) >= 11 is 5.79. The highest BCUT2D eigenvalue weighted by Crippen LogP contribution is 2.10. The Morgan fingerprint density at radius 2 is 1.94 bits per heavy atom. The van der Waals surface area contributed by atoms with Gasteiger partial charge in [-0.2, -0.15) is 0 Å². The highest BCUT2D eigenvalue weighted by atomic mass is 35.5. The van der Waals surface area contributed by atoms with Crippen LogP contribution in [0.5, 0.6) is 0 Å². The molecule has 0 heterocycles. The molecule has 3 nitrogen and oxygen atoms in total. The SMILES string of the molecule is CC(C)C(NCCc1ccc(Cl)cc1)C(=O)O. The average Bonchev–Trinajstić information content (AvgIpc) is 2.25. The maximum Gasteiger partial charge on any atom is 0.320 e. The van der Waals surface area contributed by atoms with E-state index < -0.39 is 12.0 Å². The molecule has 0 aromatic heterocycles. The summed E-state index contributed by atoms with van der Waals surface area (Å²) in [6.45, 7) is 4.44. The third kappa shape index (κ3) is 4.75. The fourth-order valence-corrected chi connectivity index (χ4v) is 1.76. The van der Waals surface area contributed by atoms with Crippen LogP contribution in [-0.4, -0.2) is 23.7 Å². The fourth-order valence-electron chi connectivity index (χ4n) is 1.63. The van der Waals surface area contributed by atoms with Gasteiger partial charge in [-0.05, 0) is 36.6 Å². The lowest BCUT2D eigenvalue weighted by molar-refractivity contribution is -0.140. The average molecular weight is 256 g/mol. The number of hydrogen-bond donors (Lipinski definition) is 2. The lowest BCUT2D eigenvalue weighted by atomic mass is 10.0. The molecule has 0 aliphatic heterocycles. The second-order valence-electron chi connectivity index (χ2n) is 4.39. The van der Waals surface area contributed by atoms with Crippen LogP contribution in [0.3, 0.4) is 0 Å². The molecule has 0 radical (unpaired) electrons. The molecule has 0 fully saturated rings. The first-order chi connectivity index (χ1) is 8.00. The number of benzene rings is 1. The Kier molecular flexibility index (Phi) is 5.45. The van der Waals surface area contributed by atoms with Crippen molar-refractivity contribution in [2.75, 3.05) is 6.54 Å². The normalized spacial score (nSPS) is 12.7. The van der Waals surface area contributed by atoms with Crippen molar-refractivity contribution in [3.63, 3.8) is 0 Å². The Hall–Kier alpha value is -1.06. The van der Waals surface area contributed by atoms with Gasteiger partial charge in [0.1, 0.15) is 6.04 Å². The van der Waals surface area contributed by atoms with Crippen molar-refractivity contribution in [2.24, 2.45) is 5.92 Å². The van der Waals surface area contributed by atoms with E-state index in [0.717, 1.165) is 12.0 Å². The van der Waals surface area contributed by atoms with Gasteiger partial charge in [0.15, 0.2) is 0 Å². The van der Waals surface area contributed by atoms with Crippen LogP contribution in [-0.2, 0) is 11.2 Å². The first-order valence-electron chi connectivity index (χ1n) is 5.71. The number of nitrogens with one attached hydrogen (secondary N) is 1. The largest absolute Gasteiger partial charge is 0.480 e. The maximum absolute atomic E-state index is 10.9. The van der Waals surface area contributed by atoms with Crippen LogP contribution < -0.4 is 5.32 Å². The van der Waals surface area contributed by atoms with Crippen molar-refractivity contribution in [3.8, 4) is 0 Å². The van der Waals surface area contributed by atoms with Gasteiger partial charge in [0.05, 0.1) is 0 Å². The Bertz CT molecular complexity index is 362. The van der Waals surface area contributed by atoms with Gasteiger partial charge in [0.2, 0.25) is 0 Å². The quantitative estimate of drug-likeness (QED) is 0.822. The van der Waals surface area contributed by atoms with E-state index in [1.807, 2.05) is 38.1 Å². The van der Waals surface area contributed by atoms with E-state index in [-0.39, 0.29) is 5.92 Å². The summed E-state index contributed by atoms with van der Waals surface area (Å²) in [5.74, 6) is -0.714. The first kappa shape index (κ1) is 14.0. The number of hydrogen-bond acceptors (Lipinski definition) is 2. The summed E-state index contributed by atoms with van der Waals surface area (Å²) in [4.78, 5) is 10.9. The molecule has 1 aromatic rings. The second-order valence-corrected chi connectivity index (χ2v) is 4.83. The molecular formula is C13H18ClNO2. The third-order valence-electron chi connectivity index (χ3n) is 2.62. The highest BCUT2D eigenvalue weighted by Gasteiger charge is 2.19. The molecule has 0 saturated carbocycles. The monoisotopic (exact) mass is 255 g/mol. The van der Waals surface area contributed by atoms with E-state index in [1.165, 1.54) is 0 Å². The van der Waals surface area contributed by atoms with Crippen LogP contribution in [0.2, 0.25) is 5.02 Å². The fraction of sp³-hybridized carbons (Fsp3) is 0.462. The van der Waals surface area contributed by atoms with Crippen molar-refractivity contribution in [1.82, 2.24) is 5.32 Å². The number of halogens is 1. The number of carbonyl (C=O) groups is 1. The van der Waals surface area contributed by atoms with Gasteiger partial charge < -0.3 is 10.4 Å². The minimum absolute atomic E-state index is 0.0812.